The van der Waals surface area contributed by atoms with Gasteiger partial charge in [0.1, 0.15) is 5.69 Å². The van der Waals surface area contributed by atoms with Crippen molar-refractivity contribution in [1.82, 2.24) is 19.9 Å². The molecule has 120 valence electrons. The van der Waals surface area contributed by atoms with Gasteiger partial charge in [-0.25, -0.2) is 9.97 Å². The van der Waals surface area contributed by atoms with Crippen LogP contribution in [0.25, 0.3) is 11.5 Å². The van der Waals surface area contributed by atoms with Crippen molar-refractivity contribution in [3.05, 3.63) is 42.4 Å². The van der Waals surface area contributed by atoms with E-state index in [0.717, 1.165) is 31.0 Å². The SMILES string of the molecule is c1ccc(-c2ncc(CN3CCO[C@@H]4CCCC[C@H]43)cn2)nc1. The third kappa shape index (κ3) is 3.26. The van der Waals surface area contributed by atoms with E-state index in [1.165, 1.54) is 25.7 Å². The number of hydrogen-bond donors (Lipinski definition) is 0. The van der Waals surface area contributed by atoms with Crippen LogP contribution in [0.4, 0.5) is 0 Å². The zero-order valence-corrected chi connectivity index (χ0v) is 13.3. The Bertz CT molecular complexity index is 629. The molecule has 3 heterocycles. The minimum Gasteiger partial charge on any atom is -0.375 e. The van der Waals surface area contributed by atoms with Gasteiger partial charge in [-0.3, -0.25) is 9.88 Å². The molecule has 5 heteroatoms. The lowest BCUT2D eigenvalue weighted by atomic mass is 9.90. The highest BCUT2D eigenvalue weighted by Crippen LogP contribution is 2.29. The standard InChI is InChI=1S/C18H22N4O/c1-2-7-17-16(6-1)22(9-10-23-17)13-14-11-20-18(21-12-14)15-5-3-4-8-19-15/h3-5,8,11-12,16-17H,1-2,6-7,9-10,13H2/t16-,17-/m1/s1. The molecule has 1 aliphatic carbocycles. The molecule has 1 saturated carbocycles. The lowest BCUT2D eigenvalue weighted by molar-refractivity contribution is -0.0911. The molecule has 0 aromatic carbocycles. The number of ether oxygens (including phenoxy) is 1. The molecule has 0 bridgehead atoms. The lowest BCUT2D eigenvalue weighted by Crippen LogP contribution is -2.52. The van der Waals surface area contributed by atoms with E-state index in [4.69, 9.17) is 4.74 Å². The van der Waals surface area contributed by atoms with Crippen LogP contribution >= 0.6 is 0 Å². The fourth-order valence-electron chi connectivity index (χ4n) is 3.67. The normalized spacial score (nSPS) is 25.0. The Morgan fingerprint density at radius 2 is 1.96 bits per heavy atom. The molecule has 1 saturated heterocycles. The average molecular weight is 310 g/mol. The van der Waals surface area contributed by atoms with Gasteiger partial charge in [0.2, 0.25) is 0 Å². The smallest absolute Gasteiger partial charge is 0.178 e. The third-order valence-corrected chi connectivity index (χ3v) is 4.83. The van der Waals surface area contributed by atoms with Crippen molar-refractivity contribution in [3.63, 3.8) is 0 Å². The molecule has 0 amide bonds. The van der Waals surface area contributed by atoms with Crippen LogP contribution in [-0.4, -0.2) is 45.1 Å². The summed E-state index contributed by atoms with van der Waals surface area (Å²) in [6.45, 7) is 2.75. The average Bonchev–Trinajstić information content (AvgIpc) is 2.63. The van der Waals surface area contributed by atoms with E-state index in [1.807, 2.05) is 30.6 Å². The number of rotatable bonds is 3. The van der Waals surface area contributed by atoms with Crippen LogP contribution in [0.2, 0.25) is 0 Å². The van der Waals surface area contributed by atoms with Crippen molar-refractivity contribution in [2.75, 3.05) is 13.2 Å². The number of aromatic nitrogens is 3. The molecule has 2 aromatic heterocycles. The maximum absolute atomic E-state index is 5.95. The second-order valence-corrected chi connectivity index (χ2v) is 6.36. The fraction of sp³-hybridized carbons (Fsp3) is 0.500. The molecular weight excluding hydrogens is 288 g/mol. The van der Waals surface area contributed by atoms with Crippen molar-refractivity contribution in [2.24, 2.45) is 0 Å². The zero-order chi connectivity index (χ0) is 15.5. The molecular formula is C18H22N4O. The van der Waals surface area contributed by atoms with Crippen LogP contribution in [-0.2, 0) is 11.3 Å². The Balaban J connectivity index is 1.46. The quantitative estimate of drug-likeness (QED) is 0.872. The molecule has 23 heavy (non-hydrogen) atoms. The maximum Gasteiger partial charge on any atom is 0.178 e. The third-order valence-electron chi connectivity index (χ3n) is 4.83. The Kier molecular flexibility index (Phi) is 4.30. The Morgan fingerprint density at radius 3 is 2.78 bits per heavy atom. The summed E-state index contributed by atoms with van der Waals surface area (Å²) in [6.07, 6.45) is 11.1. The molecule has 4 rings (SSSR count). The van der Waals surface area contributed by atoms with Crippen LogP contribution in [0.15, 0.2) is 36.8 Å². The first-order valence-electron chi connectivity index (χ1n) is 8.48. The summed E-state index contributed by atoms with van der Waals surface area (Å²) in [5.74, 6) is 0.687. The molecule has 0 N–H and O–H groups in total. The van der Waals surface area contributed by atoms with E-state index < -0.39 is 0 Å². The Hall–Kier alpha value is -1.85. The summed E-state index contributed by atoms with van der Waals surface area (Å²) in [5.41, 5.74) is 1.98. The minimum absolute atomic E-state index is 0.422. The molecule has 0 radical (unpaired) electrons. The fourth-order valence-corrected chi connectivity index (χ4v) is 3.67. The number of pyridine rings is 1. The summed E-state index contributed by atoms with van der Waals surface area (Å²) in [6, 6.07) is 6.35. The van der Waals surface area contributed by atoms with Gasteiger partial charge in [-0.15, -0.1) is 0 Å². The highest BCUT2D eigenvalue weighted by Gasteiger charge is 2.33. The number of hydrogen-bond acceptors (Lipinski definition) is 5. The van der Waals surface area contributed by atoms with E-state index >= 15 is 0 Å². The predicted octanol–water partition coefficient (Wildman–Crippen LogP) is 2.68. The van der Waals surface area contributed by atoms with Gasteiger partial charge in [-0.05, 0) is 25.0 Å². The van der Waals surface area contributed by atoms with Gasteiger partial charge in [0.15, 0.2) is 5.82 Å². The first-order valence-corrected chi connectivity index (χ1v) is 8.48. The number of fused-ring (bicyclic) bond motifs is 1. The number of morpholine rings is 1. The van der Waals surface area contributed by atoms with Gasteiger partial charge in [-0.2, -0.15) is 0 Å². The zero-order valence-electron chi connectivity index (χ0n) is 13.3. The summed E-state index contributed by atoms with van der Waals surface area (Å²) in [7, 11) is 0. The van der Waals surface area contributed by atoms with Gasteiger partial charge >= 0.3 is 0 Å². The monoisotopic (exact) mass is 310 g/mol. The largest absolute Gasteiger partial charge is 0.375 e. The first-order chi connectivity index (χ1) is 11.4. The molecule has 0 spiro atoms. The first kappa shape index (κ1) is 14.7. The highest BCUT2D eigenvalue weighted by molar-refractivity contribution is 5.47. The molecule has 2 aliphatic rings. The molecule has 2 fully saturated rings. The van der Waals surface area contributed by atoms with Crippen LogP contribution in [0.5, 0.6) is 0 Å². The van der Waals surface area contributed by atoms with Crippen molar-refractivity contribution in [1.29, 1.82) is 0 Å². The van der Waals surface area contributed by atoms with E-state index in [1.54, 1.807) is 6.20 Å². The highest BCUT2D eigenvalue weighted by atomic mass is 16.5. The van der Waals surface area contributed by atoms with Gasteiger partial charge in [-0.1, -0.05) is 18.9 Å². The van der Waals surface area contributed by atoms with Crippen LogP contribution in [0.3, 0.4) is 0 Å². The molecule has 5 nitrogen and oxygen atoms in total. The topological polar surface area (TPSA) is 51.1 Å². The Labute approximate surface area is 136 Å². The number of nitrogens with zero attached hydrogens (tertiary/aromatic N) is 4. The van der Waals surface area contributed by atoms with Crippen molar-refractivity contribution in [3.8, 4) is 11.5 Å². The van der Waals surface area contributed by atoms with E-state index in [9.17, 15) is 0 Å². The van der Waals surface area contributed by atoms with Gasteiger partial charge in [0, 0.05) is 43.3 Å². The van der Waals surface area contributed by atoms with Crippen molar-refractivity contribution in [2.45, 2.75) is 44.4 Å². The van der Waals surface area contributed by atoms with Crippen LogP contribution in [0, 0.1) is 0 Å². The Morgan fingerprint density at radius 1 is 1.09 bits per heavy atom. The van der Waals surface area contributed by atoms with E-state index in [2.05, 4.69) is 19.9 Å². The summed E-state index contributed by atoms with van der Waals surface area (Å²) >= 11 is 0. The summed E-state index contributed by atoms with van der Waals surface area (Å²) in [5, 5.41) is 0. The van der Waals surface area contributed by atoms with Gasteiger partial charge < -0.3 is 4.74 Å². The maximum atomic E-state index is 5.95. The van der Waals surface area contributed by atoms with Crippen molar-refractivity contribution >= 4 is 0 Å². The lowest BCUT2D eigenvalue weighted by Gasteiger charge is -2.43. The predicted molar refractivity (Wildman–Crippen MR) is 87.7 cm³/mol. The van der Waals surface area contributed by atoms with E-state index in [0.29, 0.717) is 18.0 Å². The van der Waals surface area contributed by atoms with Crippen LogP contribution in [0.1, 0.15) is 31.2 Å². The van der Waals surface area contributed by atoms with Gasteiger partial charge in [0.05, 0.1) is 12.7 Å². The summed E-state index contributed by atoms with van der Waals surface area (Å²) in [4.78, 5) is 15.8. The molecule has 2 aromatic rings. The molecule has 0 unspecified atom stereocenters. The minimum atomic E-state index is 0.422. The second kappa shape index (κ2) is 6.72. The summed E-state index contributed by atoms with van der Waals surface area (Å²) < 4.78 is 5.95. The van der Waals surface area contributed by atoms with Crippen molar-refractivity contribution < 1.29 is 4.74 Å². The van der Waals surface area contributed by atoms with Crippen LogP contribution < -0.4 is 0 Å². The van der Waals surface area contributed by atoms with E-state index in [-0.39, 0.29) is 0 Å². The molecule has 1 aliphatic heterocycles. The second-order valence-electron chi connectivity index (χ2n) is 6.36. The molecule has 2 atom stereocenters. The van der Waals surface area contributed by atoms with Gasteiger partial charge in [0.25, 0.3) is 0 Å².